The predicted octanol–water partition coefficient (Wildman–Crippen LogP) is 3.83. The van der Waals surface area contributed by atoms with Gasteiger partial charge in [0.15, 0.2) is 0 Å². The number of hydrogen-bond acceptors (Lipinski definition) is 3. The van der Waals surface area contributed by atoms with Crippen LogP contribution in [0.1, 0.15) is 19.3 Å². The third kappa shape index (κ3) is 3.17. The Balaban J connectivity index is 1.64. The molecule has 0 atom stereocenters. The van der Waals surface area contributed by atoms with Crippen molar-refractivity contribution in [2.24, 2.45) is 0 Å². The molecule has 1 fully saturated rings. The number of piperidine rings is 1. The Labute approximate surface area is 151 Å². The van der Waals surface area contributed by atoms with Crippen molar-refractivity contribution in [2.45, 2.75) is 24.2 Å². The highest BCUT2D eigenvalue weighted by atomic mass is 35.5. The van der Waals surface area contributed by atoms with Gasteiger partial charge in [-0.1, -0.05) is 30.2 Å². The molecule has 7 heteroatoms. The van der Waals surface area contributed by atoms with Gasteiger partial charge in [-0.15, -0.1) is 0 Å². The summed E-state index contributed by atoms with van der Waals surface area (Å²) in [6, 6.07) is 10.6. The Kier molecular flexibility index (Phi) is 4.27. The van der Waals surface area contributed by atoms with Crippen LogP contribution in [0.25, 0.3) is 16.9 Å². The molecule has 0 radical (unpaired) electrons. The second-order valence-corrected chi connectivity index (χ2v) is 8.60. The van der Waals surface area contributed by atoms with E-state index in [1.807, 2.05) is 16.7 Å². The number of sulfonamides is 1. The first-order valence-corrected chi connectivity index (χ1v) is 10.1. The predicted molar refractivity (Wildman–Crippen MR) is 98.2 cm³/mol. The number of pyridine rings is 1. The highest BCUT2D eigenvalue weighted by molar-refractivity contribution is 7.89. The van der Waals surface area contributed by atoms with Gasteiger partial charge in [-0.3, -0.25) is 0 Å². The zero-order chi connectivity index (χ0) is 17.4. The van der Waals surface area contributed by atoms with Gasteiger partial charge in [-0.05, 0) is 37.1 Å². The molecule has 2 aromatic heterocycles. The number of halogens is 1. The summed E-state index contributed by atoms with van der Waals surface area (Å²) in [7, 11) is -3.40. The van der Waals surface area contributed by atoms with Crippen molar-refractivity contribution in [1.29, 1.82) is 0 Å². The van der Waals surface area contributed by atoms with Gasteiger partial charge in [0.2, 0.25) is 10.0 Å². The molecule has 130 valence electrons. The smallest absolute Gasteiger partial charge is 0.243 e. The van der Waals surface area contributed by atoms with Gasteiger partial charge in [0.05, 0.1) is 15.6 Å². The van der Waals surface area contributed by atoms with Gasteiger partial charge in [-0.2, -0.15) is 4.31 Å². The zero-order valence-electron chi connectivity index (χ0n) is 13.6. The molecule has 0 bridgehead atoms. The maximum atomic E-state index is 12.7. The first-order valence-electron chi connectivity index (χ1n) is 8.29. The van der Waals surface area contributed by atoms with Gasteiger partial charge < -0.3 is 4.40 Å². The van der Waals surface area contributed by atoms with Gasteiger partial charge in [0, 0.05) is 31.0 Å². The number of rotatable bonds is 3. The minimum atomic E-state index is -3.40. The molecule has 0 N–H and O–H groups in total. The van der Waals surface area contributed by atoms with Crippen LogP contribution in [0.3, 0.4) is 0 Å². The molecule has 3 aromatic rings. The SMILES string of the molecule is O=S(=O)(c1ccc(-c2cn3cc(Cl)ccc3n2)cc1)N1CCCCC1. The monoisotopic (exact) mass is 375 g/mol. The fourth-order valence-corrected chi connectivity index (χ4v) is 4.84. The van der Waals surface area contributed by atoms with Crippen molar-refractivity contribution >= 4 is 27.3 Å². The number of nitrogens with zero attached hydrogens (tertiary/aromatic N) is 3. The van der Waals surface area contributed by atoms with E-state index in [4.69, 9.17) is 11.6 Å². The number of benzene rings is 1. The van der Waals surface area contributed by atoms with Crippen molar-refractivity contribution in [3.63, 3.8) is 0 Å². The lowest BCUT2D eigenvalue weighted by Crippen LogP contribution is -2.35. The normalized spacial score (nSPS) is 16.4. The Bertz CT molecular complexity index is 1010. The van der Waals surface area contributed by atoms with E-state index in [-0.39, 0.29) is 0 Å². The lowest BCUT2D eigenvalue weighted by molar-refractivity contribution is 0.346. The first-order chi connectivity index (χ1) is 12.0. The Morgan fingerprint density at radius 3 is 2.36 bits per heavy atom. The van der Waals surface area contributed by atoms with E-state index in [1.165, 1.54) is 0 Å². The van der Waals surface area contributed by atoms with Gasteiger partial charge in [0.25, 0.3) is 0 Å². The summed E-state index contributed by atoms with van der Waals surface area (Å²) < 4.78 is 28.8. The topological polar surface area (TPSA) is 54.7 Å². The summed E-state index contributed by atoms with van der Waals surface area (Å²) in [5, 5.41) is 0.638. The highest BCUT2D eigenvalue weighted by Crippen LogP contribution is 2.25. The zero-order valence-corrected chi connectivity index (χ0v) is 15.2. The van der Waals surface area contributed by atoms with Crippen LogP contribution < -0.4 is 0 Å². The van der Waals surface area contributed by atoms with Crippen LogP contribution in [-0.4, -0.2) is 35.2 Å². The van der Waals surface area contributed by atoms with Crippen molar-refractivity contribution in [2.75, 3.05) is 13.1 Å². The van der Waals surface area contributed by atoms with E-state index < -0.39 is 10.0 Å². The largest absolute Gasteiger partial charge is 0.305 e. The van der Waals surface area contributed by atoms with Crippen molar-refractivity contribution < 1.29 is 8.42 Å². The average molecular weight is 376 g/mol. The van der Waals surface area contributed by atoms with Crippen LogP contribution in [0.5, 0.6) is 0 Å². The first kappa shape index (κ1) is 16.6. The second-order valence-electron chi connectivity index (χ2n) is 6.23. The van der Waals surface area contributed by atoms with E-state index in [2.05, 4.69) is 4.98 Å². The van der Waals surface area contributed by atoms with E-state index in [0.29, 0.717) is 23.0 Å². The maximum absolute atomic E-state index is 12.7. The van der Waals surface area contributed by atoms with Crippen molar-refractivity contribution in [1.82, 2.24) is 13.7 Å². The summed E-state index contributed by atoms with van der Waals surface area (Å²) in [5.41, 5.74) is 2.45. The molecule has 0 saturated carbocycles. The number of hydrogen-bond donors (Lipinski definition) is 0. The fraction of sp³-hybridized carbons (Fsp3) is 0.278. The molecule has 0 aliphatic carbocycles. The van der Waals surface area contributed by atoms with E-state index in [9.17, 15) is 8.42 Å². The lowest BCUT2D eigenvalue weighted by atomic mass is 10.2. The fourth-order valence-electron chi connectivity index (χ4n) is 3.16. The van der Waals surface area contributed by atoms with E-state index >= 15 is 0 Å². The highest BCUT2D eigenvalue weighted by Gasteiger charge is 2.25. The molecule has 25 heavy (non-hydrogen) atoms. The van der Waals surface area contributed by atoms with Crippen LogP contribution in [-0.2, 0) is 10.0 Å². The Hall–Kier alpha value is -1.89. The van der Waals surface area contributed by atoms with Crippen LogP contribution in [0, 0.1) is 0 Å². The van der Waals surface area contributed by atoms with Crippen LogP contribution >= 0.6 is 11.6 Å². The molecule has 1 aromatic carbocycles. The van der Waals surface area contributed by atoms with Crippen LogP contribution in [0.4, 0.5) is 0 Å². The van der Waals surface area contributed by atoms with Crippen LogP contribution in [0.15, 0.2) is 53.7 Å². The molecule has 1 saturated heterocycles. The molecule has 0 amide bonds. The summed E-state index contributed by atoms with van der Waals surface area (Å²) >= 11 is 6.00. The minimum absolute atomic E-state index is 0.338. The number of imidazole rings is 1. The van der Waals surface area contributed by atoms with Gasteiger partial charge >= 0.3 is 0 Å². The maximum Gasteiger partial charge on any atom is 0.243 e. The minimum Gasteiger partial charge on any atom is -0.305 e. The lowest BCUT2D eigenvalue weighted by Gasteiger charge is -2.25. The molecular formula is C18H18ClN3O2S. The Morgan fingerprint density at radius 1 is 0.920 bits per heavy atom. The number of fused-ring (bicyclic) bond motifs is 1. The summed E-state index contributed by atoms with van der Waals surface area (Å²) in [6.45, 7) is 1.22. The summed E-state index contributed by atoms with van der Waals surface area (Å²) in [5.74, 6) is 0. The van der Waals surface area contributed by atoms with E-state index in [0.717, 1.165) is 36.2 Å². The second kappa shape index (κ2) is 6.44. The molecule has 4 rings (SSSR count). The molecule has 5 nitrogen and oxygen atoms in total. The molecular weight excluding hydrogens is 358 g/mol. The Morgan fingerprint density at radius 2 is 1.64 bits per heavy atom. The molecule has 3 heterocycles. The third-order valence-corrected chi connectivity index (χ3v) is 6.65. The molecule has 1 aliphatic heterocycles. The van der Waals surface area contributed by atoms with Gasteiger partial charge in [-0.25, -0.2) is 13.4 Å². The van der Waals surface area contributed by atoms with Crippen molar-refractivity contribution in [3.8, 4) is 11.3 Å². The quantitative estimate of drug-likeness (QED) is 0.699. The molecule has 1 aliphatic rings. The standard InChI is InChI=1S/C18H18ClN3O2S/c19-15-6-9-18-20-17(13-21(18)12-15)14-4-7-16(8-5-14)25(23,24)22-10-2-1-3-11-22/h4-9,12-13H,1-3,10-11H2. The van der Waals surface area contributed by atoms with Crippen molar-refractivity contribution in [3.05, 3.63) is 53.8 Å². The summed E-state index contributed by atoms with van der Waals surface area (Å²) in [6.07, 6.45) is 6.64. The molecule has 0 spiro atoms. The third-order valence-electron chi connectivity index (χ3n) is 4.52. The van der Waals surface area contributed by atoms with E-state index in [1.54, 1.807) is 40.8 Å². The van der Waals surface area contributed by atoms with Crippen LogP contribution in [0.2, 0.25) is 5.02 Å². The summed E-state index contributed by atoms with van der Waals surface area (Å²) in [4.78, 5) is 4.89. The number of aromatic nitrogens is 2. The average Bonchev–Trinajstić information content (AvgIpc) is 3.06. The molecule has 0 unspecified atom stereocenters. The van der Waals surface area contributed by atoms with Gasteiger partial charge in [0.1, 0.15) is 5.65 Å².